The molecule has 0 amide bonds. The van der Waals surface area contributed by atoms with Gasteiger partial charge >= 0.3 is 0 Å². The first kappa shape index (κ1) is 16.2. The lowest BCUT2D eigenvalue weighted by atomic mass is 10.0. The third-order valence-electron chi connectivity index (χ3n) is 3.72. The lowest BCUT2D eigenvalue weighted by molar-refractivity contribution is 0.185. The van der Waals surface area contributed by atoms with Gasteiger partial charge in [-0.05, 0) is 36.0 Å². The Morgan fingerprint density at radius 3 is 2.57 bits per heavy atom. The van der Waals surface area contributed by atoms with E-state index in [-0.39, 0.29) is 6.04 Å². The summed E-state index contributed by atoms with van der Waals surface area (Å²) in [5.41, 5.74) is 8.45. The van der Waals surface area contributed by atoms with Crippen molar-refractivity contribution in [3.63, 3.8) is 0 Å². The van der Waals surface area contributed by atoms with E-state index in [1.165, 1.54) is 16.0 Å². The van der Waals surface area contributed by atoms with Gasteiger partial charge in [-0.2, -0.15) is 0 Å². The molecule has 0 spiro atoms. The molecular weight excluding hydrogens is 280 g/mol. The molecular formula is C17H24N2OS. The zero-order valence-corrected chi connectivity index (χ0v) is 13.6. The molecule has 1 aromatic carbocycles. The van der Waals surface area contributed by atoms with Gasteiger partial charge in [0.05, 0.1) is 6.61 Å². The van der Waals surface area contributed by atoms with Crippen molar-refractivity contribution in [2.45, 2.75) is 19.1 Å². The Morgan fingerprint density at radius 1 is 1.24 bits per heavy atom. The molecule has 0 saturated carbocycles. The summed E-state index contributed by atoms with van der Waals surface area (Å²) in [6.07, 6.45) is 1.08. The van der Waals surface area contributed by atoms with E-state index in [4.69, 9.17) is 10.5 Å². The quantitative estimate of drug-likeness (QED) is 0.814. The van der Waals surface area contributed by atoms with E-state index in [1.807, 2.05) is 11.3 Å². The van der Waals surface area contributed by atoms with Crippen LogP contribution in [0.2, 0.25) is 0 Å². The Morgan fingerprint density at radius 2 is 2.00 bits per heavy atom. The third kappa shape index (κ3) is 4.64. The zero-order chi connectivity index (χ0) is 15.1. The van der Waals surface area contributed by atoms with Crippen molar-refractivity contribution in [2.75, 3.05) is 27.2 Å². The number of hydrogen-bond donors (Lipinski definition) is 1. The molecule has 0 radical (unpaired) electrons. The molecule has 21 heavy (non-hydrogen) atoms. The second-order valence-corrected chi connectivity index (χ2v) is 6.27. The van der Waals surface area contributed by atoms with Crippen molar-refractivity contribution in [3.8, 4) is 0 Å². The second kappa shape index (κ2) is 8.29. The van der Waals surface area contributed by atoms with Gasteiger partial charge in [-0.25, -0.2) is 0 Å². The predicted octanol–water partition coefficient (Wildman–Crippen LogP) is 3.07. The van der Waals surface area contributed by atoms with Gasteiger partial charge in [0.1, 0.15) is 0 Å². The van der Waals surface area contributed by atoms with Gasteiger partial charge in [-0.1, -0.05) is 30.3 Å². The van der Waals surface area contributed by atoms with E-state index in [2.05, 4.69) is 53.7 Å². The number of thiophene rings is 1. The Hall–Kier alpha value is -1.20. The standard InChI is InChI=1S/C17H24N2OS/c1-19(10-9-16-4-3-11-21-16)17(12-18)15-7-5-14(6-8-15)13-20-2/h3-8,11,17H,9-10,12-13,18H2,1-2H3. The minimum absolute atomic E-state index is 0.265. The van der Waals surface area contributed by atoms with Crippen LogP contribution >= 0.6 is 11.3 Å². The van der Waals surface area contributed by atoms with Crippen molar-refractivity contribution in [1.29, 1.82) is 0 Å². The highest BCUT2D eigenvalue weighted by atomic mass is 32.1. The van der Waals surface area contributed by atoms with Crippen LogP contribution in [0.4, 0.5) is 0 Å². The monoisotopic (exact) mass is 304 g/mol. The zero-order valence-electron chi connectivity index (χ0n) is 12.8. The van der Waals surface area contributed by atoms with Crippen LogP contribution in [0.25, 0.3) is 0 Å². The van der Waals surface area contributed by atoms with Crippen LogP contribution in [0.5, 0.6) is 0 Å². The van der Waals surface area contributed by atoms with Gasteiger partial charge < -0.3 is 10.5 Å². The summed E-state index contributed by atoms with van der Waals surface area (Å²) < 4.78 is 5.15. The average Bonchev–Trinajstić information content (AvgIpc) is 3.01. The highest BCUT2D eigenvalue weighted by molar-refractivity contribution is 7.09. The first-order valence-electron chi connectivity index (χ1n) is 7.25. The first-order valence-corrected chi connectivity index (χ1v) is 8.13. The van der Waals surface area contributed by atoms with Crippen LogP contribution in [0, 0.1) is 0 Å². The number of likely N-dealkylation sites (N-methyl/N-ethyl adjacent to an activating group) is 1. The van der Waals surface area contributed by atoms with Crippen LogP contribution in [0.1, 0.15) is 22.0 Å². The van der Waals surface area contributed by atoms with Crippen LogP contribution in [0.3, 0.4) is 0 Å². The topological polar surface area (TPSA) is 38.5 Å². The molecule has 2 aromatic rings. The van der Waals surface area contributed by atoms with Crippen molar-refractivity contribution in [1.82, 2.24) is 4.90 Å². The summed E-state index contributed by atoms with van der Waals surface area (Å²) in [5, 5.41) is 2.13. The Balaban J connectivity index is 1.97. The number of hydrogen-bond acceptors (Lipinski definition) is 4. The largest absolute Gasteiger partial charge is 0.380 e. The minimum atomic E-state index is 0.265. The van der Waals surface area contributed by atoms with E-state index in [9.17, 15) is 0 Å². The second-order valence-electron chi connectivity index (χ2n) is 5.24. The van der Waals surface area contributed by atoms with Crippen molar-refractivity contribution in [3.05, 3.63) is 57.8 Å². The number of ether oxygens (including phenoxy) is 1. The van der Waals surface area contributed by atoms with Gasteiger partial charge in [-0.15, -0.1) is 11.3 Å². The van der Waals surface area contributed by atoms with Gasteiger partial charge in [0, 0.05) is 31.1 Å². The highest BCUT2D eigenvalue weighted by Crippen LogP contribution is 2.20. The summed E-state index contributed by atoms with van der Waals surface area (Å²) in [7, 11) is 3.86. The maximum absolute atomic E-state index is 5.99. The van der Waals surface area contributed by atoms with Crippen LogP contribution in [-0.4, -0.2) is 32.1 Å². The first-order chi connectivity index (χ1) is 10.2. The van der Waals surface area contributed by atoms with E-state index < -0.39 is 0 Å². The van der Waals surface area contributed by atoms with Crippen LogP contribution in [0.15, 0.2) is 41.8 Å². The lowest BCUT2D eigenvalue weighted by Crippen LogP contribution is -2.32. The molecule has 0 aliphatic heterocycles. The molecule has 114 valence electrons. The summed E-state index contributed by atoms with van der Waals surface area (Å²) in [6.45, 7) is 2.30. The van der Waals surface area contributed by atoms with Crippen LogP contribution in [-0.2, 0) is 17.8 Å². The molecule has 0 bridgehead atoms. The smallest absolute Gasteiger partial charge is 0.0713 e. The summed E-state index contributed by atoms with van der Waals surface area (Å²) in [4.78, 5) is 3.76. The minimum Gasteiger partial charge on any atom is -0.380 e. The fraction of sp³-hybridized carbons (Fsp3) is 0.412. The molecule has 1 aromatic heterocycles. The normalized spacial score (nSPS) is 12.8. The van der Waals surface area contributed by atoms with E-state index in [0.29, 0.717) is 13.2 Å². The predicted molar refractivity (Wildman–Crippen MR) is 89.6 cm³/mol. The molecule has 0 aliphatic rings. The number of nitrogens with two attached hydrogens (primary N) is 1. The molecule has 2 N–H and O–H groups in total. The lowest BCUT2D eigenvalue weighted by Gasteiger charge is -2.27. The molecule has 3 nitrogen and oxygen atoms in total. The van der Waals surface area contributed by atoms with Gasteiger partial charge in [0.2, 0.25) is 0 Å². The molecule has 0 fully saturated rings. The Labute approximate surface area is 131 Å². The summed E-state index contributed by atoms with van der Waals surface area (Å²) in [5.74, 6) is 0. The fourth-order valence-corrected chi connectivity index (χ4v) is 3.17. The van der Waals surface area contributed by atoms with E-state index in [1.54, 1.807) is 7.11 Å². The molecule has 0 saturated heterocycles. The Kier molecular flexibility index (Phi) is 6.39. The molecule has 0 aliphatic carbocycles. The summed E-state index contributed by atoms with van der Waals surface area (Å²) >= 11 is 1.82. The maximum Gasteiger partial charge on any atom is 0.0713 e. The van der Waals surface area contributed by atoms with Crippen molar-refractivity contribution in [2.24, 2.45) is 5.73 Å². The SMILES string of the molecule is COCc1ccc(C(CN)N(C)CCc2cccs2)cc1. The molecule has 1 atom stereocenters. The molecule has 2 rings (SSSR count). The molecule has 1 unspecified atom stereocenters. The average molecular weight is 304 g/mol. The number of methoxy groups -OCH3 is 1. The van der Waals surface area contributed by atoms with Gasteiger partial charge in [-0.3, -0.25) is 4.90 Å². The van der Waals surface area contributed by atoms with Crippen molar-refractivity contribution >= 4 is 11.3 Å². The molecule has 1 heterocycles. The van der Waals surface area contributed by atoms with Gasteiger partial charge in [0.25, 0.3) is 0 Å². The fourth-order valence-electron chi connectivity index (χ4n) is 2.47. The number of nitrogens with zero attached hydrogens (tertiary/aromatic N) is 1. The number of rotatable bonds is 8. The van der Waals surface area contributed by atoms with Crippen molar-refractivity contribution < 1.29 is 4.74 Å². The summed E-state index contributed by atoms with van der Waals surface area (Å²) in [6, 6.07) is 13.1. The Bertz CT molecular complexity index is 510. The van der Waals surface area contributed by atoms with Crippen LogP contribution < -0.4 is 5.73 Å². The van der Waals surface area contributed by atoms with Gasteiger partial charge in [0.15, 0.2) is 0 Å². The molecule has 4 heteroatoms. The third-order valence-corrected chi connectivity index (χ3v) is 4.66. The van der Waals surface area contributed by atoms with E-state index >= 15 is 0 Å². The highest BCUT2D eigenvalue weighted by Gasteiger charge is 2.15. The van der Waals surface area contributed by atoms with E-state index in [0.717, 1.165) is 13.0 Å². The maximum atomic E-state index is 5.99. The number of benzene rings is 1.